The molecule has 0 bridgehead atoms. The number of halogens is 2. The van der Waals surface area contributed by atoms with E-state index < -0.39 is 11.6 Å². The van der Waals surface area contributed by atoms with Crippen LogP contribution in [0.25, 0.3) is 0 Å². The van der Waals surface area contributed by atoms with Gasteiger partial charge in [0.2, 0.25) is 0 Å². The third-order valence-electron chi connectivity index (χ3n) is 2.75. The van der Waals surface area contributed by atoms with Crippen molar-refractivity contribution in [3.05, 3.63) is 59.7 Å². The molecule has 0 saturated carbocycles. The second-order valence-electron chi connectivity index (χ2n) is 4.28. The van der Waals surface area contributed by atoms with Crippen LogP contribution in [0, 0.1) is 11.6 Å². The molecule has 0 radical (unpaired) electrons. The molecule has 0 aliphatic carbocycles. The first kappa shape index (κ1) is 15.2. The Hall–Kier alpha value is -2.21. The Morgan fingerprint density at radius 1 is 1.14 bits per heavy atom. The zero-order valence-electron chi connectivity index (χ0n) is 11.3. The molecular formula is C15H14F2N2OS. The van der Waals surface area contributed by atoms with Crippen molar-refractivity contribution in [2.75, 3.05) is 12.4 Å². The molecule has 6 heteroatoms. The second kappa shape index (κ2) is 6.99. The number of benzene rings is 2. The fourth-order valence-electron chi connectivity index (χ4n) is 1.83. The van der Waals surface area contributed by atoms with E-state index in [1.807, 2.05) is 24.3 Å². The predicted octanol–water partition coefficient (Wildman–Crippen LogP) is 3.46. The predicted molar refractivity (Wildman–Crippen MR) is 82.4 cm³/mol. The number of para-hydroxylation sites is 1. The zero-order valence-corrected chi connectivity index (χ0v) is 12.1. The van der Waals surface area contributed by atoms with Crippen LogP contribution in [-0.2, 0) is 6.54 Å². The number of rotatable bonds is 4. The molecular weight excluding hydrogens is 294 g/mol. The maximum atomic E-state index is 13.1. The van der Waals surface area contributed by atoms with Crippen LogP contribution in [0.4, 0.5) is 14.5 Å². The summed E-state index contributed by atoms with van der Waals surface area (Å²) in [7, 11) is 1.59. The van der Waals surface area contributed by atoms with E-state index in [-0.39, 0.29) is 10.8 Å². The Kier molecular flexibility index (Phi) is 5.05. The van der Waals surface area contributed by atoms with E-state index in [0.717, 1.165) is 17.4 Å². The van der Waals surface area contributed by atoms with Crippen molar-refractivity contribution < 1.29 is 13.5 Å². The second-order valence-corrected chi connectivity index (χ2v) is 4.69. The van der Waals surface area contributed by atoms with Crippen LogP contribution in [-0.4, -0.2) is 12.2 Å². The summed E-state index contributed by atoms with van der Waals surface area (Å²) in [5, 5.41) is 5.96. The van der Waals surface area contributed by atoms with Crippen LogP contribution in [0.1, 0.15) is 5.56 Å². The molecule has 0 atom stereocenters. The number of thiocarbonyl (C=S) groups is 1. The summed E-state index contributed by atoms with van der Waals surface area (Å²) in [4.78, 5) is 0. The Bertz CT molecular complexity index is 629. The highest BCUT2D eigenvalue weighted by molar-refractivity contribution is 7.80. The van der Waals surface area contributed by atoms with E-state index in [9.17, 15) is 8.78 Å². The van der Waals surface area contributed by atoms with Crippen molar-refractivity contribution in [1.82, 2.24) is 5.32 Å². The van der Waals surface area contributed by atoms with Crippen molar-refractivity contribution in [2.45, 2.75) is 6.54 Å². The molecule has 0 aliphatic heterocycles. The maximum Gasteiger partial charge on any atom is 0.171 e. The van der Waals surface area contributed by atoms with Gasteiger partial charge < -0.3 is 15.4 Å². The molecule has 0 unspecified atom stereocenters. The number of methoxy groups -OCH3 is 1. The van der Waals surface area contributed by atoms with Gasteiger partial charge in [-0.3, -0.25) is 0 Å². The molecule has 0 saturated heterocycles. The van der Waals surface area contributed by atoms with Crippen LogP contribution in [0.2, 0.25) is 0 Å². The largest absolute Gasteiger partial charge is 0.496 e. The number of hydrogen-bond donors (Lipinski definition) is 2. The normalized spacial score (nSPS) is 10.0. The average molecular weight is 308 g/mol. The first-order chi connectivity index (χ1) is 10.1. The van der Waals surface area contributed by atoms with E-state index in [1.54, 1.807) is 7.11 Å². The van der Waals surface area contributed by atoms with E-state index in [4.69, 9.17) is 17.0 Å². The molecule has 0 heterocycles. The van der Waals surface area contributed by atoms with Gasteiger partial charge in [-0.2, -0.15) is 0 Å². The van der Waals surface area contributed by atoms with E-state index in [0.29, 0.717) is 6.54 Å². The van der Waals surface area contributed by atoms with Crippen LogP contribution in [0.3, 0.4) is 0 Å². The lowest BCUT2D eigenvalue weighted by Crippen LogP contribution is -2.28. The summed E-state index contributed by atoms with van der Waals surface area (Å²) in [6, 6.07) is 10.6. The van der Waals surface area contributed by atoms with Crippen molar-refractivity contribution in [2.24, 2.45) is 0 Å². The Labute approximate surface area is 126 Å². The van der Waals surface area contributed by atoms with Crippen molar-refractivity contribution >= 4 is 23.0 Å². The first-order valence-electron chi connectivity index (χ1n) is 6.21. The summed E-state index contributed by atoms with van der Waals surface area (Å²) in [6.45, 7) is 0.438. The van der Waals surface area contributed by atoms with Gasteiger partial charge in [-0.25, -0.2) is 8.78 Å². The van der Waals surface area contributed by atoms with Gasteiger partial charge >= 0.3 is 0 Å². The van der Waals surface area contributed by atoms with E-state index >= 15 is 0 Å². The van der Waals surface area contributed by atoms with Crippen molar-refractivity contribution in [3.63, 3.8) is 0 Å². The lowest BCUT2D eigenvalue weighted by molar-refractivity contribution is 0.409. The zero-order chi connectivity index (χ0) is 15.2. The van der Waals surface area contributed by atoms with Gasteiger partial charge in [0, 0.05) is 23.9 Å². The highest BCUT2D eigenvalue weighted by Crippen LogP contribution is 2.17. The fourth-order valence-corrected chi connectivity index (χ4v) is 2.02. The Morgan fingerprint density at radius 2 is 1.81 bits per heavy atom. The van der Waals surface area contributed by atoms with Crippen molar-refractivity contribution in [3.8, 4) is 5.75 Å². The molecule has 0 spiro atoms. The van der Waals surface area contributed by atoms with Crippen LogP contribution >= 0.6 is 12.2 Å². The summed E-state index contributed by atoms with van der Waals surface area (Å²) in [5.41, 5.74) is 1.18. The van der Waals surface area contributed by atoms with E-state index in [1.165, 1.54) is 12.1 Å². The standard InChI is InChI=1S/C15H14F2N2OS/c1-20-14-5-3-2-4-10(14)9-18-15(21)19-13-7-11(16)6-12(17)8-13/h2-8H,9H2,1H3,(H2,18,19,21). The summed E-state index contributed by atoms with van der Waals surface area (Å²) in [6.07, 6.45) is 0. The monoisotopic (exact) mass is 308 g/mol. The molecule has 2 N–H and O–H groups in total. The van der Waals surface area contributed by atoms with Gasteiger partial charge in [-0.05, 0) is 30.4 Å². The number of anilines is 1. The molecule has 0 aromatic heterocycles. The number of ether oxygens (including phenoxy) is 1. The van der Waals surface area contributed by atoms with E-state index in [2.05, 4.69) is 10.6 Å². The SMILES string of the molecule is COc1ccccc1CNC(=S)Nc1cc(F)cc(F)c1. The molecule has 3 nitrogen and oxygen atoms in total. The van der Waals surface area contributed by atoms with Gasteiger partial charge in [-0.15, -0.1) is 0 Å². The minimum atomic E-state index is -0.662. The topological polar surface area (TPSA) is 33.3 Å². The highest BCUT2D eigenvalue weighted by Gasteiger charge is 2.05. The molecule has 2 aromatic rings. The summed E-state index contributed by atoms with van der Waals surface area (Å²) < 4.78 is 31.4. The minimum Gasteiger partial charge on any atom is -0.496 e. The van der Waals surface area contributed by atoms with Gasteiger partial charge in [0.15, 0.2) is 5.11 Å². The van der Waals surface area contributed by atoms with Gasteiger partial charge in [0.05, 0.1) is 7.11 Å². The van der Waals surface area contributed by atoms with Gasteiger partial charge in [-0.1, -0.05) is 18.2 Å². The summed E-state index contributed by atoms with van der Waals surface area (Å²) in [5.74, 6) is -0.584. The lowest BCUT2D eigenvalue weighted by atomic mass is 10.2. The first-order valence-corrected chi connectivity index (χ1v) is 6.62. The average Bonchev–Trinajstić information content (AvgIpc) is 2.44. The Morgan fingerprint density at radius 3 is 2.48 bits per heavy atom. The van der Waals surface area contributed by atoms with Crippen LogP contribution in [0.15, 0.2) is 42.5 Å². The highest BCUT2D eigenvalue weighted by atomic mass is 32.1. The van der Waals surface area contributed by atoms with Crippen molar-refractivity contribution in [1.29, 1.82) is 0 Å². The molecule has 0 fully saturated rings. The minimum absolute atomic E-state index is 0.255. The van der Waals surface area contributed by atoms with Gasteiger partial charge in [0.25, 0.3) is 0 Å². The fraction of sp³-hybridized carbons (Fsp3) is 0.133. The Balaban J connectivity index is 1.96. The quantitative estimate of drug-likeness (QED) is 0.848. The molecule has 2 aromatic carbocycles. The smallest absolute Gasteiger partial charge is 0.171 e. The van der Waals surface area contributed by atoms with Crippen LogP contribution < -0.4 is 15.4 Å². The lowest BCUT2D eigenvalue weighted by Gasteiger charge is -2.12. The molecule has 0 aliphatic rings. The third kappa shape index (κ3) is 4.39. The molecule has 2 rings (SSSR count). The third-order valence-corrected chi connectivity index (χ3v) is 3.00. The van der Waals surface area contributed by atoms with Gasteiger partial charge in [0.1, 0.15) is 17.4 Å². The number of hydrogen-bond acceptors (Lipinski definition) is 2. The number of nitrogens with one attached hydrogen (secondary N) is 2. The maximum absolute atomic E-state index is 13.1. The molecule has 21 heavy (non-hydrogen) atoms. The molecule has 0 amide bonds. The molecule has 110 valence electrons. The summed E-state index contributed by atoms with van der Waals surface area (Å²) >= 11 is 5.09. The van der Waals surface area contributed by atoms with Crippen LogP contribution in [0.5, 0.6) is 5.75 Å².